The molecule has 3 rings (SSSR count). The Kier molecular flexibility index (Phi) is 4.39. The van der Waals surface area contributed by atoms with Gasteiger partial charge in [-0.2, -0.15) is 0 Å². The number of nitrogens with zero attached hydrogens (tertiary/aromatic N) is 1. The van der Waals surface area contributed by atoms with Crippen LogP contribution in [-0.2, 0) is 4.79 Å². The Morgan fingerprint density at radius 1 is 1.17 bits per heavy atom. The number of para-hydroxylation sites is 1. The van der Waals surface area contributed by atoms with Gasteiger partial charge in [-0.1, -0.05) is 24.3 Å². The highest BCUT2D eigenvalue weighted by Crippen LogP contribution is 2.33. The normalized spacial score (nSPS) is 10.3. The maximum atomic E-state index is 11.2. The minimum atomic E-state index is -0.342. The summed E-state index contributed by atoms with van der Waals surface area (Å²) in [6.45, 7) is 3.44. The number of rotatable bonds is 4. The van der Waals surface area contributed by atoms with Crippen LogP contribution in [0.4, 0.5) is 10.8 Å². The van der Waals surface area contributed by atoms with Crippen LogP contribution in [0.3, 0.4) is 0 Å². The van der Waals surface area contributed by atoms with Gasteiger partial charge in [0.05, 0.1) is 5.69 Å². The molecule has 0 spiro atoms. The number of hydrogen-bond acceptors (Lipinski definition) is 5. The zero-order chi connectivity index (χ0) is 16.2. The van der Waals surface area contributed by atoms with Crippen LogP contribution in [0.1, 0.15) is 12.5 Å². The minimum Gasteiger partial charge on any atom is -0.426 e. The van der Waals surface area contributed by atoms with E-state index in [1.165, 1.54) is 23.8 Å². The first-order valence-corrected chi connectivity index (χ1v) is 8.07. The van der Waals surface area contributed by atoms with Crippen LogP contribution in [0.5, 0.6) is 5.75 Å². The van der Waals surface area contributed by atoms with Crippen LogP contribution >= 0.6 is 11.3 Å². The summed E-state index contributed by atoms with van der Waals surface area (Å²) in [5.41, 5.74) is 3.77. The third-order valence-electron chi connectivity index (χ3n) is 3.19. The first kappa shape index (κ1) is 15.2. The average molecular weight is 324 g/mol. The fourth-order valence-electron chi connectivity index (χ4n) is 2.22. The molecule has 0 aliphatic carbocycles. The number of hydrogen-bond donors (Lipinski definition) is 1. The molecule has 0 aliphatic heterocycles. The predicted molar refractivity (Wildman–Crippen MR) is 93.3 cm³/mol. The van der Waals surface area contributed by atoms with E-state index in [0.29, 0.717) is 5.75 Å². The number of thiazole rings is 1. The summed E-state index contributed by atoms with van der Waals surface area (Å²) in [6.07, 6.45) is 0. The van der Waals surface area contributed by atoms with Gasteiger partial charge in [-0.15, -0.1) is 11.3 Å². The van der Waals surface area contributed by atoms with Crippen LogP contribution < -0.4 is 10.1 Å². The van der Waals surface area contributed by atoms with Gasteiger partial charge in [0, 0.05) is 23.6 Å². The fraction of sp³-hybridized carbons (Fsp3) is 0.111. The quantitative estimate of drug-likeness (QED) is 0.554. The molecular weight excluding hydrogens is 308 g/mol. The van der Waals surface area contributed by atoms with Crippen LogP contribution in [0.2, 0.25) is 0 Å². The van der Waals surface area contributed by atoms with Crippen molar-refractivity contribution in [3.63, 3.8) is 0 Å². The number of carbonyl (C=O) groups is 1. The van der Waals surface area contributed by atoms with Crippen molar-refractivity contribution in [3.05, 3.63) is 59.5 Å². The Morgan fingerprint density at radius 3 is 2.78 bits per heavy atom. The average Bonchev–Trinajstić information content (AvgIpc) is 2.95. The Morgan fingerprint density at radius 2 is 2.00 bits per heavy atom. The van der Waals surface area contributed by atoms with Gasteiger partial charge in [0.2, 0.25) is 0 Å². The topological polar surface area (TPSA) is 51.2 Å². The summed E-state index contributed by atoms with van der Waals surface area (Å²) in [6, 6.07) is 15.5. The first-order chi connectivity index (χ1) is 11.1. The number of nitrogens with one attached hydrogen (secondary N) is 1. The van der Waals surface area contributed by atoms with E-state index in [4.69, 9.17) is 4.74 Å². The highest BCUT2D eigenvalue weighted by molar-refractivity contribution is 7.14. The van der Waals surface area contributed by atoms with Crippen molar-refractivity contribution in [2.45, 2.75) is 13.8 Å². The Hall–Kier alpha value is -2.66. The molecule has 1 aromatic heterocycles. The number of esters is 1. The van der Waals surface area contributed by atoms with E-state index < -0.39 is 0 Å². The molecule has 116 valence electrons. The molecule has 0 atom stereocenters. The van der Waals surface area contributed by atoms with E-state index in [1.54, 1.807) is 6.07 Å². The maximum Gasteiger partial charge on any atom is 0.308 e. The third kappa shape index (κ3) is 3.76. The Labute approximate surface area is 138 Å². The molecular formula is C18H16N2O2S. The Bertz CT molecular complexity index is 842. The van der Waals surface area contributed by atoms with Crippen molar-refractivity contribution >= 4 is 28.1 Å². The highest BCUT2D eigenvalue weighted by atomic mass is 32.1. The molecule has 1 N–H and O–H groups in total. The molecule has 0 saturated heterocycles. The molecule has 0 unspecified atom stereocenters. The number of carbonyl (C=O) groups excluding carboxylic acids is 1. The van der Waals surface area contributed by atoms with Crippen LogP contribution in [-0.4, -0.2) is 11.0 Å². The standard InChI is InChI=1S/C18H16N2O2S/c1-12-6-5-7-14(10-12)19-18-20-16(11-23-18)15-8-3-4-9-17(15)22-13(2)21/h3-11H,1-2H3,(H,19,20). The van der Waals surface area contributed by atoms with Gasteiger partial charge in [0.1, 0.15) is 5.75 Å². The van der Waals surface area contributed by atoms with Crippen LogP contribution in [0, 0.1) is 6.92 Å². The van der Waals surface area contributed by atoms with Gasteiger partial charge in [-0.3, -0.25) is 4.79 Å². The van der Waals surface area contributed by atoms with Crippen molar-refractivity contribution < 1.29 is 9.53 Å². The van der Waals surface area contributed by atoms with Gasteiger partial charge in [0.15, 0.2) is 5.13 Å². The number of anilines is 2. The van der Waals surface area contributed by atoms with Gasteiger partial charge >= 0.3 is 5.97 Å². The number of aryl methyl sites for hydroxylation is 1. The van der Waals surface area contributed by atoms with Crippen LogP contribution in [0.25, 0.3) is 11.3 Å². The lowest BCUT2D eigenvalue weighted by atomic mass is 10.1. The molecule has 0 aliphatic rings. The van der Waals surface area contributed by atoms with Crippen molar-refractivity contribution in [3.8, 4) is 17.0 Å². The predicted octanol–water partition coefficient (Wildman–Crippen LogP) is 4.79. The second-order valence-electron chi connectivity index (χ2n) is 5.12. The van der Waals surface area contributed by atoms with E-state index in [0.717, 1.165) is 22.1 Å². The van der Waals surface area contributed by atoms with Gasteiger partial charge < -0.3 is 10.1 Å². The molecule has 23 heavy (non-hydrogen) atoms. The second kappa shape index (κ2) is 6.62. The van der Waals surface area contributed by atoms with Crippen molar-refractivity contribution in [2.24, 2.45) is 0 Å². The number of ether oxygens (including phenoxy) is 1. The van der Waals surface area contributed by atoms with Crippen molar-refractivity contribution in [1.82, 2.24) is 4.98 Å². The molecule has 5 heteroatoms. The van der Waals surface area contributed by atoms with E-state index in [9.17, 15) is 4.79 Å². The molecule has 2 aromatic carbocycles. The largest absolute Gasteiger partial charge is 0.426 e. The third-order valence-corrected chi connectivity index (χ3v) is 3.95. The van der Waals surface area contributed by atoms with Gasteiger partial charge in [-0.05, 0) is 36.8 Å². The molecule has 4 nitrogen and oxygen atoms in total. The summed E-state index contributed by atoms with van der Waals surface area (Å²) >= 11 is 1.51. The van der Waals surface area contributed by atoms with Crippen molar-refractivity contribution in [1.29, 1.82) is 0 Å². The van der Waals surface area contributed by atoms with E-state index in [1.807, 2.05) is 48.7 Å². The Balaban J connectivity index is 1.86. The van der Waals surface area contributed by atoms with E-state index in [2.05, 4.69) is 16.4 Å². The molecule has 0 radical (unpaired) electrons. The first-order valence-electron chi connectivity index (χ1n) is 7.19. The summed E-state index contributed by atoms with van der Waals surface area (Å²) < 4.78 is 5.25. The van der Waals surface area contributed by atoms with E-state index in [-0.39, 0.29) is 5.97 Å². The zero-order valence-corrected chi connectivity index (χ0v) is 13.7. The summed E-state index contributed by atoms with van der Waals surface area (Å²) in [4.78, 5) is 15.8. The minimum absolute atomic E-state index is 0.342. The van der Waals surface area contributed by atoms with Crippen molar-refractivity contribution in [2.75, 3.05) is 5.32 Å². The maximum absolute atomic E-state index is 11.2. The SMILES string of the molecule is CC(=O)Oc1ccccc1-c1csc(Nc2cccc(C)c2)n1. The highest BCUT2D eigenvalue weighted by Gasteiger charge is 2.11. The molecule has 0 amide bonds. The fourth-order valence-corrected chi connectivity index (χ4v) is 2.95. The lowest BCUT2D eigenvalue weighted by molar-refractivity contribution is -0.131. The van der Waals surface area contributed by atoms with Crippen LogP contribution in [0.15, 0.2) is 53.9 Å². The van der Waals surface area contributed by atoms with E-state index >= 15 is 0 Å². The monoisotopic (exact) mass is 324 g/mol. The zero-order valence-electron chi connectivity index (χ0n) is 12.9. The lowest BCUT2D eigenvalue weighted by Crippen LogP contribution is -2.02. The number of benzene rings is 2. The molecule has 0 bridgehead atoms. The molecule has 3 aromatic rings. The molecule has 0 saturated carbocycles. The smallest absolute Gasteiger partial charge is 0.308 e. The summed E-state index contributed by atoms with van der Waals surface area (Å²) in [5, 5.41) is 6.03. The number of aromatic nitrogens is 1. The van der Waals surface area contributed by atoms with Gasteiger partial charge in [-0.25, -0.2) is 4.98 Å². The molecule has 0 fully saturated rings. The van der Waals surface area contributed by atoms with Gasteiger partial charge in [0.25, 0.3) is 0 Å². The summed E-state index contributed by atoms with van der Waals surface area (Å²) in [7, 11) is 0. The second-order valence-corrected chi connectivity index (χ2v) is 5.98. The summed E-state index contributed by atoms with van der Waals surface area (Å²) in [5.74, 6) is 0.179. The molecule has 1 heterocycles. The lowest BCUT2D eigenvalue weighted by Gasteiger charge is -2.06.